The summed E-state index contributed by atoms with van der Waals surface area (Å²) < 4.78 is 0. The maximum absolute atomic E-state index is 0. The second kappa shape index (κ2) is 58.2. The molecule has 0 nitrogen and oxygen atoms in total. The molecule has 0 aromatic carbocycles. The van der Waals surface area contributed by atoms with E-state index in [0.717, 1.165) is 0 Å². The van der Waals surface area contributed by atoms with Gasteiger partial charge in [0.25, 0.3) is 0 Å². The Bertz CT molecular complexity index is 17.8. The largest absolute Gasteiger partial charge is 2.00 e. The second-order valence-electron chi connectivity index (χ2n) is 0. The van der Waals surface area contributed by atoms with Crippen LogP contribution < -0.4 is 107 Å². The van der Waals surface area contributed by atoms with Crippen molar-refractivity contribution in [2.45, 2.75) is 0 Å². The van der Waals surface area contributed by atoms with Crippen molar-refractivity contribution in [3.8, 4) is 0 Å². The van der Waals surface area contributed by atoms with E-state index in [0.29, 0.717) is 0 Å². The van der Waals surface area contributed by atoms with Gasteiger partial charge < -0.3 is 107 Å². The van der Waals surface area contributed by atoms with E-state index < -0.39 is 0 Å². The van der Waals surface area contributed by atoms with Crippen molar-refractivity contribution < 1.29 is 107 Å². The Morgan fingerprint density at radius 2 is 0.444 bits per heavy atom. The molecule has 0 aliphatic carbocycles. The summed E-state index contributed by atoms with van der Waals surface area (Å²) in [4.78, 5) is 0. The van der Waals surface area contributed by atoms with Crippen molar-refractivity contribution >= 4 is 136 Å². The van der Waals surface area contributed by atoms with Gasteiger partial charge in [-0.05, 0) is 0 Å². The second-order valence-corrected chi connectivity index (χ2v) is 0. The van der Waals surface area contributed by atoms with Gasteiger partial charge in [-0.15, -0.1) is 0 Å². The maximum atomic E-state index is 0. The minimum atomic E-state index is 0. The molecule has 0 saturated heterocycles. The van der Waals surface area contributed by atoms with Gasteiger partial charge in [-0.1, -0.05) is 0 Å². The molecule has 0 aromatic heterocycles. The molecule has 9 heavy (non-hydrogen) atoms. The predicted octanol–water partition coefficient (Wildman–Crippen LogP) is -19.1. The Morgan fingerprint density at radius 3 is 0.444 bits per heavy atom. The molecule has 0 spiro atoms. The molecule has 0 amide bonds. The molecular weight excluding hydrogens is 747 g/mol. The van der Waals surface area contributed by atoms with Crippen LogP contribution in [0.4, 0.5) is 0 Å². The van der Waals surface area contributed by atoms with Crippen LogP contribution >= 0.6 is 0 Å². The summed E-state index contributed by atoms with van der Waals surface area (Å²) >= 11 is 0. The summed E-state index contributed by atoms with van der Waals surface area (Å²) in [5.41, 5.74) is 0. The third kappa shape index (κ3) is 50.4. The van der Waals surface area contributed by atoms with Gasteiger partial charge in [-0.2, -0.15) is 0 Å². The van der Waals surface area contributed by atoms with Crippen LogP contribution in [0.2, 0.25) is 0 Å². The first-order chi connectivity index (χ1) is 0. The Labute approximate surface area is 235 Å². The van der Waals surface area contributed by atoms with Crippen LogP contribution in [-0.2, 0) is 0 Å². The van der Waals surface area contributed by atoms with Gasteiger partial charge in [0.1, 0.15) is 0 Å². The van der Waals surface area contributed by atoms with E-state index in [1.165, 1.54) is 0 Å². The summed E-state index contributed by atoms with van der Waals surface area (Å²) in [6.07, 6.45) is 0. The molecule has 0 unspecified atom stereocenters. The van der Waals surface area contributed by atoms with E-state index in [-0.39, 0.29) is 243 Å². The smallest absolute Gasteiger partial charge is 1.00 e. The minimum Gasteiger partial charge on any atom is -1.00 e. The molecule has 0 fully saturated rings. The molecule has 0 saturated carbocycles. The summed E-state index contributed by atoms with van der Waals surface area (Å²) in [6.45, 7) is 0. The van der Waals surface area contributed by atoms with Crippen LogP contribution in [0.1, 0.15) is 0 Å². The summed E-state index contributed by atoms with van der Waals surface area (Å²) in [7, 11) is 0. The van der Waals surface area contributed by atoms with Crippen molar-refractivity contribution in [2.24, 2.45) is 0 Å². The first kappa shape index (κ1) is 70.8. The van der Waals surface area contributed by atoms with Crippen molar-refractivity contribution in [3.05, 3.63) is 0 Å². The monoisotopic (exact) mass is 745 g/mol. The normalized spacial score (nSPS) is 0. The molecular formula is Br2Cl2I2Sr3. The fraction of sp³-hybridized carbons (Fsp3) is 0. The summed E-state index contributed by atoms with van der Waals surface area (Å²) in [5, 5.41) is 0. The van der Waals surface area contributed by atoms with E-state index in [1.807, 2.05) is 0 Å². The fourth-order valence-corrected chi connectivity index (χ4v) is 0. The third-order valence-electron chi connectivity index (χ3n) is 0. The molecule has 0 heterocycles. The van der Waals surface area contributed by atoms with E-state index >= 15 is 0 Å². The van der Waals surface area contributed by atoms with Gasteiger partial charge in [-0.25, -0.2) is 0 Å². The van der Waals surface area contributed by atoms with Crippen LogP contribution in [0.3, 0.4) is 0 Å². The minimum absolute atomic E-state index is 0. The molecule has 0 aromatic rings. The van der Waals surface area contributed by atoms with Gasteiger partial charge in [0, 0.05) is 0 Å². The Balaban J connectivity index is 0. The van der Waals surface area contributed by atoms with Crippen LogP contribution in [0.5, 0.6) is 0 Å². The van der Waals surface area contributed by atoms with E-state index in [2.05, 4.69) is 0 Å². The molecule has 0 atom stereocenters. The molecule has 0 aliphatic heterocycles. The fourth-order valence-electron chi connectivity index (χ4n) is 0. The topological polar surface area (TPSA) is 0 Å². The zero-order valence-corrected chi connectivity index (χ0v) is 23.8. The predicted molar refractivity (Wildman–Crippen MR) is 17.3 cm³/mol. The van der Waals surface area contributed by atoms with Gasteiger partial charge in [0.15, 0.2) is 0 Å². The molecule has 9 heteroatoms. The van der Waals surface area contributed by atoms with Crippen LogP contribution in [0.25, 0.3) is 0 Å². The molecule has 0 N–H and O–H groups in total. The van der Waals surface area contributed by atoms with E-state index in [4.69, 9.17) is 0 Å². The first-order valence-electron chi connectivity index (χ1n) is 0. The van der Waals surface area contributed by atoms with Crippen molar-refractivity contribution in [3.63, 3.8) is 0 Å². The quantitative estimate of drug-likeness (QED) is 0.171. The van der Waals surface area contributed by atoms with Crippen LogP contribution in [0, 0.1) is 0 Å². The molecule has 0 rings (SSSR count). The van der Waals surface area contributed by atoms with Crippen molar-refractivity contribution in [1.29, 1.82) is 0 Å². The summed E-state index contributed by atoms with van der Waals surface area (Å²) in [6, 6.07) is 0. The SMILES string of the molecule is [Br-].[Br-].[Cl-].[Cl-].[I-].[I-].[Sr+2].[Sr+2].[Sr+2]. The maximum Gasteiger partial charge on any atom is 2.00 e. The number of halogens is 6. The van der Waals surface area contributed by atoms with Gasteiger partial charge in [0.2, 0.25) is 0 Å². The molecule has 0 bridgehead atoms. The number of rotatable bonds is 0. The molecule has 0 radical (unpaired) electrons. The van der Waals surface area contributed by atoms with Gasteiger partial charge in [0.05, 0.1) is 0 Å². The average molecular weight is 747 g/mol. The first-order valence-corrected chi connectivity index (χ1v) is 0. The zero-order chi connectivity index (χ0) is 0. The summed E-state index contributed by atoms with van der Waals surface area (Å²) in [5.74, 6) is 0. The zero-order valence-electron chi connectivity index (χ0n) is 4.39. The van der Waals surface area contributed by atoms with E-state index in [9.17, 15) is 0 Å². The Morgan fingerprint density at radius 1 is 0.444 bits per heavy atom. The van der Waals surface area contributed by atoms with Crippen molar-refractivity contribution in [1.82, 2.24) is 0 Å². The number of hydrogen-bond donors (Lipinski definition) is 0. The van der Waals surface area contributed by atoms with Crippen LogP contribution in [-0.4, -0.2) is 136 Å². The number of hydrogen-bond acceptors (Lipinski definition) is 0. The molecule has 48 valence electrons. The van der Waals surface area contributed by atoms with Gasteiger partial charge in [-0.3, -0.25) is 0 Å². The third-order valence-corrected chi connectivity index (χ3v) is 0. The Hall–Kier alpha value is 7.44. The Kier molecular flexibility index (Phi) is 457. The standard InChI is InChI=1S/2BrH.2ClH.2HI.3Sr/h6*1H;;;/q;;;;;;3*+2/p-6. The average Bonchev–Trinajstić information content (AvgIpc) is 0. The van der Waals surface area contributed by atoms with E-state index in [1.54, 1.807) is 0 Å². The van der Waals surface area contributed by atoms with Crippen LogP contribution in [0.15, 0.2) is 0 Å². The van der Waals surface area contributed by atoms with Gasteiger partial charge >= 0.3 is 136 Å². The molecule has 0 aliphatic rings. The van der Waals surface area contributed by atoms with Crippen molar-refractivity contribution in [2.75, 3.05) is 0 Å².